The van der Waals surface area contributed by atoms with Crippen LogP contribution in [0, 0.1) is 11.8 Å². The van der Waals surface area contributed by atoms with Crippen LogP contribution in [0.4, 0.5) is 8.78 Å². The number of nitrogens with one attached hydrogen (secondary N) is 1. The molecule has 4 heteroatoms. The van der Waals surface area contributed by atoms with Gasteiger partial charge in [0, 0.05) is 19.1 Å². The van der Waals surface area contributed by atoms with E-state index in [-0.39, 0.29) is 12.5 Å². The molecule has 0 saturated heterocycles. The first-order valence-corrected chi connectivity index (χ1v) is 8.62. The van der Waals surface area contributed by atoms with Crippen LogP contribution < -0.4 is 5.32 Å². The van der Waals surface area contributed by atoms with Crippen LogP contribution in [0.3, 0.4) is 0 Å². The summed E-state index contributed by atoms with van der Waals surface area (Å²) in [6.45, 7) is 9.26. The minimum Gasteiger partial charge on any atom is -0.374 e. The fraction of sp³-hybridized carbons (Fsp3) is 0.778. The first-order chi connectivity index (χ1) is 10.6. The number of halogens is 2. The second kappa shape index (κ2) is 10.9. The normalized spacial score (nSPS) is 21.8. The van der Waals surface area contributed by atoms with E-state index in [1.54, 1.807) is 0 Å². The van der Waals surface area contributed by atoms with E-state index in [2.05, 4.69) is 26.1 Å². The van der Waals surface area contributed by atoms with Crippen molar-refractivity contribution in [1.29, 1.82) is 0 Å². The molecule has 0 radical (unpaired) electrons. The fourth-order valence-corrected chi connectivity index (χ4v) is 2.70. The summed E-state index contributed by atoms with van der Waals surface area (Å²) in [5.74, 6) is 0.267. The highest BCUT2D eigenvalue weighted by Gasteiger charge is 2.18. The van der Waals surface area contributed by atoms with Crippen molar-refractivity contribution in [2.24, 2.45) is 11.8 Å². The summed E-state index contributed by atoms with van der Waals surface area (Å²) >= 11 is 0. The Balaban J connectivity index is 2.37. The molecule has 1 rings (SSSR count). The van der Waals surface area contributed by atoms with Crippen molar-refractivity contribution in [3.05, 3.63) is 23.8 Å². The van der Waals surface area contributed by atoms with Crippen LogP contribution in [0.15, 0.2) is 23.8 Å². The molecule has 1 N–H and O–H groups in total. The smallest absolute Gasteiger partial charge is 0.124 e. The van der Waals surface area contributed by atoms with Crippen molar-refractivity contribution in [3.63, 3.8) is 0 Å². The van der Waals surface area contributed by atoms with Crippen LogP contribution in [0.2, 0.25) is 0 Å². The van der Waals surface area contributed by atoms with Gasteiger partial charge in [0.2, 0.25) is 0 Å². The molecule has 0 aromatic rings. The number of ether oxygens (including phenoxy) is 1. The van der Waals surface area contributed by atoms with Crippen LogP contribution in [-0.2, 0) is 4.74 Å². The molecule has 2 nitrogen and oxygen atoms in total. The third-order valence-corrected chi connectivity index (χ3v) is 4.41. The standard InChI is InChI=1S/C18H31F2NO/c1-4-9-21-13-15(14(3)5-2)8-10-22-18-7-6-16(19)11-17(20)12-18/h11-12,14-15,18,21H,4-10,13H2,1-3H3. The Labute approximate surface area is 134 Å². The van der Waals surface area contributed by atoms with Gasteiger partial charge in [-0.3, -0.25) is 0 Å². The Kier molecular flexibility index (Phi) is 9.56. The minimum atomic E-state index is -0.525. The van der Waals surface area contributed by atoms with E-state index in [0.29, 0.717) is 24.9 Å². The molecule has 128 valence electrons. The molecule has 3 atom stereocenters. The molecule has 0 aliphatic heterocycles. The Morgan fingerprint density at radius 3 is 2.82 bits per heavy atom. The summed E-state index contributed by atoms with van der Waals surface area (Å²) < 4.78 is 32.3. The molecule has 22 heavy (non-hydrogen) atoms. The quantitative estimate of drug-likeness (QED) is 0.577. The van der Waals surface area contributed by atoms with Crippen molar-refractivity contribution in [2.75, 3.05) is 19.7 Å². The first-order valence-electron chi connectivity index (χ1n) is 8.62. The minimum absolute atomic E-state index is 0.251. The van der Waals surface area contributed by atoms with Crippen LogP contribution in [0.25, 0.3) is 0 Å². The number of hydrogen-bond acceptors (Lipinski definition) is 2. The maximum atomic E-state index is 13.4. The van der Waals surface area contributed by atoms with Gasteiger partial charge in [0.05, 0.1) is 6.10 Å². The molecular formula is C18H31F2NO. The van der Waals surface area contributed by atoms with Gasteiger partial charge >= 0.3 is 0 Å². The predicted octanol–water partition coefficient (Wildman–Crippen LogP) is 4.92. The van der Waals surface area contributed by atoms with E-state index in [0.717, 1.165) is 38.4 Å². The molecule has 0 aromatic carbocycles. The van der Waals surface area contributed by atoms with Crippen molar-refractivity contribution in [1.82, 2.24) is 5.32 Å². The Hall–Kier alpha value is -0.740. The second-order valence-corrected chi connectivity index (χ2v) is 6.23. The molecule has 0 heterocycles. The molecule has 1 aliphatic carbocycles. The van der Waals surface area contributed by atoms with Gasteiger partial charge < -0.3 is 10.1 Å². The van der Waals surface area contributed by atoms with Crippen LogP contribution in [-0.4, -0.2) is 25.8 Å². The highest BCUT2D eigenvalue weighted by molar-refractivity contribution is 5.18. The lowest BCUT2D eigenvalue weighted by atomic mass is 9.89. The highest BCUT2D eigenvalue weighted by atomic mass is 19.1. The highest BCUT2D eigenvalue weighted by Crippen LogP contribution is 2.23. The lowest BCUT2D eigenvalue weighted by Crippen LogP contribution is -2.29. The van der Waals surface area contributed by atoms with Gasteiger partial charge in [-0.15, -0.1) is 0 Å². The summed E-state index contributed by atoms with van der Waals surface area (Å²) in [6, 6.07) is 0. The van der Waals surface area contributed by atoms with Crippen molar-refractivity contribution in [2.45, 2.75) is 59.0 Å². The van der Waals surface area contributed by atoms with Crippen molar-refractivity contribution < 1.29 is 13.5 Å². The Bertz CT molecular complexity index is 368. The van der Waals surface area contributed by atoms with Gasteiger partial charge in [-0.2, -0.15) is 0 Å². The third-order valence-electron chi connectivity index (χ3n) is 4.41. The van der Waals surface area contributed by atoms with Crippen LogP contribution in [0.1, 0.15) is 52.9 Å². The Morgan fingerprint density at radius 2 is 2.14 bits per heavy atom. The maximum absolute atomic E-state index is 13.4. The second-order valence-electron chi connectivity index (χ2n) is 6.23. The van der Waals surface area contributed by atoms with E-state index >= 15 is 0 Å². The molecule has 0 fully saturated rings. The van der Waals surface area contributed by atoms with Crippen molar-refractivity contribution >= 4 is 0 Å². The average molecular weight is 315 g/mol. The van der Waals surface area contributed by atoms with Crippen molar-refractivity contribution in [3.8, 4) is 0 Å². The van der Waals surface area contributed by atoms with Crippen LogP contribution >= 0.6 is 0 Å². The van der Waals surface area contributed by atoms with Gasteiger partial charge in [0.25, 0.3) is 0 Å². The zero-order valence-corrected chi connectivity index (χ0v) is 14.2. The Morgan fingerprint density at radius 1 is 1.36 bits per heavy atom. The summed E-state index contributed by atoms with van der Waals surface area (Å²) in [6.07, 6.45) is 6.03. The molecule has 0 saturated carbocycles. The van der Waals surface area contributed by atoms with Gasteiger partial charge in [-0.05, 0) is 50.3 Å². The maximum Gasteiger partial charge on any atom is 0.124 e. The van der Waals surface area contributed by atoms with Crippen LogP contribution in [0.5, 0.6) is 0 Å². The molecular weight excluding hydrogens is 284 g/mol. The molecule has 0 spiro atoms. The molecule has 0 amide bonds. The SMILES string of the molecule is CCCNCC(CCOC1C=C(F)C=C(F)CC1)C(C)CC. The summed E-state index contributed by atoms with van der Waals surface area (Å²) in [5.41, 5.74) is 0. The lowest BCUT2D eigenvalue weighted by molar-refractivity contribution is 0.0626. The number of allylic oxidation sites excluding steroid dienone is 3. The van der Waals surface area contributed by atoms with E-state index in [1.807, 2.05) is 0 Å². The monoisotopic (exact) mass is 315 g/mol. The third kappa shape index (κ3) is 7.50. The lowest BCUT2D eigenvalue weighted by Gasteiger charge is -2.24. The topological polar surface area (TPSA) is 21.3 Å². The van der Waals surface area contributed by atoms with Gasteiger partial charge in [-0.1, -0.05) is 27.2 Å². The van der Waals surface area contributed by atoms with E-state index < -0.39 is 11.7 Å². The number of rotatable bonds is 10. The summed E-state index contributed by atoms with van der Waals surface area (Å²) in [5, 5.41) is 3.48. The largest absolute Gasteiger partial charge is 0.374 e. The van der Waals surface area contributed by atoms with E-state index in [4.69, 9.17) is 4.74 Å². The zero-order chi connectivity index (χ0) is 16.4. The zero-order valence-electron chi connectivity index (χ0n) is 14.2. The summed E-state index contributed by atoms with van der Waals surface area (Å²) in [4.78, 5) is 0. The summed E-state index contributed by atoms with van der Waals surface area (Å²) in [7, 11) is 0. The molecule has 0 aromatic heterocycles. The molecule has 1 aliphatic rings. The van der Waals surface area contributed by atoms with Gasteiger partial charge in [-0.25, -0.2) is 8.78 Å². The van der Waals surface area contributed by atoms with E-state index in [1.165, 1.54) is 6.08 Å². The predicted molar refractivity (Wildman–Crippen MR) is 88.1 cm³/mol. The van der Waals surface area contributed by atoms with E-state index in [9.17, 15) is 8.78 Å². The fourth-order valence-electron chi connectivity index (χ4n) is 2.70. The molecule has 3 unspecified atom stereocenters. The van der Waals surface area contributed by atoms with Gasteiger partial charge in [0.1, 0.15) is 11.7 Å². The van der Waals surface area contributed by atoms with Gasteiger partial charge in [0.15, 0.2) is 0 Å². The number of hydrogen-bond donors (Lipinski definition) is 1. The average Bonchev–Trinajstić information content (AvgIpc) is 2.65. The molecule has 0 bridgehead atoms. The first kappa shape index (κ1) is 19.3.